The Morgan fingerprint density at radius 1 is 1.37 bits per heavy atom. The summed E-state index contributed by atoms with van der Waals surface area (Å²) in [5, 5.41) is 4.27. The monoisotopic (exact) mass is 263 g/mol. The Bertz CT molecular complexity index is 417. The van der Waals surface area contributed by atoms with Crippen LogP contribution >= 0.6 is 0 Å². The summed E-state index contributed by atoms with van der Waals surface area (Å²) < 4.78 is 1.84. The molecule has 0 radical (unpaired) electrons. The molecule has 0 unspecified atom stereocenters. The molecule has 0 atom stereocenters. The second-order valence-corrected chi connectivity index (χ2v) is 5.67. The summed E-state index contributed by atoms with van der Waals surface area (Å²) in [6.07, 6.45) is 9.25. The van der Waals surface area contributed by atoms with Crippen LogP contribution in [0, 0.1) is 5.41 Å². The number of nitrogens with zero attached hydrogens (tertiary/aromatic N) is 2. The van der Waals surface area contributed by atoms with Gasteiger partial charge in [0.25, 0.3) is 0 Å². The number of carbonyl (C=O) groups is 1. The van der Waals surface area contributed by atoms with E-state index in [1.54, 1.807) is 6.20 Å². The zero-order valence-electron chi connectivity index (χ0n) is 11.9. The molecule has 19 heavy (non-hydrogen) atoms. The highest BCUT2D eigenvalue weighted by Crippen LogP contribution is 2.37. The zero-order valence-corrected chi connectivity index (χ0v) is 11.9. The second-order valence-electron chi connectivity index (χ2n) is 5.67. The minimum Gasteiger partial charge on any atom is -0.329 e. The Hall–Kier alpha value is -1.16. The van der Waals surface area contributed by atoms with Crippen molar-refractivity contribution in [2.75, 3.05) is 6.54 Å². The molecular weight excluding hydrogens is 238 g/mol. The molecule has 0 aliphatic heterocycles. The van der Waals surface area contributed by atoms with E-state index >= 15 is 0 Å². The maximum atomic E-state index is 12.9. The van der Waals surface area contributed by atoms with Gasteiger partial charge in [-0.25, -0.2) is 0 Å². The normalized spacial score (nSPS) is 19.1. The Kier molecular flexibility index (Phi) is 4.75. The van der Waals surface area contributed by atoms with E-state index in [4.69, 9.17) is 5.73 Å². The third-order valence-electron chi connectivity index (χ3n) is 4.32. The van der Waals surface area contributed by atoms with Crippen LogP contribution in [0.4, 0.5) is 0 Å². The first kappa shape index (κ1) is 14.3. The van der Waals surface area contributed by atoms with Gasteiger partial charge in [0.15, 0.2) is 5.78 Å². The predicted molar refractivity (Wildman–Crippen MR) is 76.0 cm³/mol. The minimum absolute atomic E-state index is 0.211. The topological polar surface area (TPSA) is 60.9 Å². The number of Topliss-reactive ketones (excluding diaryl/α,β-unsaturated/α-hetero) is 1. The third kappa shape index (κ3) is 2.89. The SMILES string of the molecule is CCCn1nccc1C(=O)C1(CN)CCCCCC1. The van der Waals surface area contributed by atoms with Gasteiger partial charge in [-0.05, 0) is 25.3 Å². The average Bonchev–Trinajstić information content (AvgIpc) is 2.74. The van der Waals surface area contributed by atoms with E-state index in [2.05, 4.69) is 12.0 Å². The van der Waals surface area contributed by atoms with Gasteiger partial charge in [0.05, 0.1) is 0 Å². The highest BCUT2D eigenvalue weighted by atomic mass is 16.1. The van der Waals surface area contributed by atoms with E-state index in [0.29, 0.717) is 6.54 Å². The second kappa shape index (κ2) is 6.33. The molecular formula is C15H25N3O. The molecule has 0 bridgehead atoms. The van der Waals surface area contributed by atoms with Gasteiger partial charge in [0.1, 0.15) is 5.69 Å². The fourth-order valence-electron chi connectivity index (χ4n) is 3.12. The van der Waals surface area contributed by atoms with Crippen LogP contribution in [0.3, 0.4) is 0 Å². The molecule has 0 amide bonds. The van der Waals surface area contributed by atoms with Crippen molar-refractivity contribution in [3.63, 3.8) is 0 Å². The summed E-state index contributed by atoms with van der Waals surface area (Å²) in [5.41, 5.74) is 6.39. The van der Waals surface area contributed by atoms with Crippen molar-refractivity contribution in [2.45, 2.75) is 58.4 Å². The van der Waals surface area contributed by atoms with Crippen molar-refractivity contribution in [1.29, 1.82) is 0 Å². The van der Waals surface area contributed by atoms with Gasteiger partial charge in [0.2, 0.25) is 0 Å². The fourth-order valence-corrected chi connectivity index (χ4v) is 3.12. The van der Waals surface area contributed by atoms with Crippen LogP contribution in [-0.2, 0) is 6.54 Å². The van der Waals surface area contributed by atoms with E-state index in [-0.39, 0.29) is 11.2 Å². The standard InChI is InChI=1S/C15H25N3O/c1-2-11-18-13(7-10-17-18)14(19)15(12-16)8-5-3-4-6-9-15/h7,10H,2-6,8-9,11-12,16H2,1H3. The summed E-state index contributed by atoms with van der Waals surface area (Å²) in [4.78, 5) is 12.9. The van der Waals surface area contributed by atoms with E-state index < -0.39 is 0 Å². The molecule has 106 valence electrons. The van der Waals surface area contributed by atoms with E-state index in [9.17, 15) is 4.79 Å². The van der Waals surface area contributed by atoms with Crippen LogP contribution < -0.4 is 5.73 Å². The lowest BCUT2D eigenvalue weighted by Gasteiger charge is -2.29. The third-order valence-corrected chi connectivity index (χ3v) is 4.32. The van der Waals surface area contributed by atoms with Gasteiger partial charge >= 0.3 is 0 Å². The van der Waals surface area contributed by atoms with Gasteiger partial charge in [-0.2, -0.15) is 5.10 Å². The summed E-state index contributed by atoms with van der Waals surface area (Å²) in [7, 11) is 0. The average molecular weight is 263 g/mol. The van der Waals surface area contributed by atoms with Gasteiger partial charge in [-0.15, -0.1) is 0 Å². The minimum atomic E-state index is -0.345. The van der Waals surface area contributed by atoms with E-state index in [1.165, 1.54) is 12.8 Å². The quantitative estimate of drug-likeness (QED) is 0.656. The first-order chi connectivity index (χ1) is 9.23. The van der Waals surface area contributed by atoms with Crippen LogP contribution in [0.15, 0.2) is 12.3 Å². The summed E-state index contributed by atoms with van der Waals surface area (Å²) in [6, 6.07) is 1.85. The van der Waals surface area contributed by atoms with Crippen LogP contribution in [-0.4, -0.2) is 22.1 Å². The summed E-state index contributed by atoms with van der Waals surface area (Å²) >= 11 is 0. The smallest absolute Gasteiger partial charge is 0.188 e. The molecule has 4 nitrogen and oxygen atoms in total. The van der Waals surface area contributed by atoms with Crippen molar-refractivity contribution in [3.8, 4) is 0 Å². The molecule has 2 rings (SSSR count). The van der Waals surface area contributed by atoms with Crippen LogP contribution in [0.1, 0.15) is 62.4 Å². The number of aromatic nitrogens is 2. The summed E-state index contributed by atoms with van der Waals surface area (Å²) in [5.74, 6) is 0.211. The predicted octanol–water partition coefficient (Wildman–Crippen LogP) is 2.78. The van der Waals surface area contributed by atoms with Crippen molar-refractivity contribution < 1.29 is 4.79 Å². The van der Waals surface area contributed by atoms with Crippen LogP contribution in [0.5, 0.6) is 0 Å². The van der Waals surface area contributed by atoms with Crippen LogP contribution in [0.2, 0.25) is 0 Å². The number of ketones is 1. The van der Waals surface area contributed by atoms with Crippen molar-refractivity contribution in [3.05, 3.63) is 18.0 Å². The van der Waals surface area contributed by atoms with Crippen LogP contribution in [0.25, 0.3) is 0 Å². The number of aryl methyl sites for hydroxylation is 1. The molecule has 1 aliphatic rings. The molecule has 2 N–H and O–H groups in total. The summed E-state index contributed by atoms with van der Waals surface area (Å²) in [6.45, 7) is 3.36. The number of nitrogens with two attached hydrogens (primary N) is 1. The fraction of sp³-hybridized carbons (Fsp3) is 0.733. The molecule has 0 aromatic carbocycles. The van der Waals surface area contributed by atoms with Crippen molar-refractivity contribution in [1.82, 2.24) is 9.78 Å². The number of carbonyl (C=O) groups excluding carboxylic acids is 1. The van der Waals surface area contributed by atoms with Gasteiger partial charge in [-0.1, -0.05) is 32.6 Å². The maximum Gasteiger partial charge on any atom is 0.188 e. The molecule has 1 fully saturated rings. The van der Waals surface area contributed by atoms with E-state index in [1.807, 2.05) is 10.7 Å². The van der Waals surface area contributed by atoms with E-state index in [0.717, 1.165) is 44.3 Å². The van der Waals surface area contributed by atoms with Gasteiger partial charge in [0, 0.05) is 24.7 Å². The lowest BCUT2D eigenvalue weighted by atomic mass is 9.75. The number of rotatable bonds is 5. The first-order valence-electron chi connectivity index (χ1n) is 7.50. The Labute approximate surface area is 115 Å². The number of hydrogen-bond donors (Lipinski definition) is 1. The molecule has 1 aromatic rings. The Morgan fingerprint density at radius 2 is 2.05 bits per heavy atom. The zero-order chi connectivity index (χ0) is 13.7. The molecule has 0 saturated heterocycles. The molecule has 1 aromatic heterocycles. The Balaban J connectivity index is 2.26. The largest absolute Gasteiger partial charge is 0.329 e. The van der Waals surface area contributed by atoms with Gasteiger partial charge < -0.3 is 5.73 Å². The molecule has 1 aliphatic carbocycles. The maximum absolute atomic E-state index is 12.9. The lowest BCUT2D eigenvalue weighted by Crippen LogP contribution is -2.39. The van der Waals surface area contributed by atoms with Crippen molar-refractivity contribution in [2.24, 2.45) is 11.1 Å². The lowest BCUT2D eigenvalue weighted by molar-refractivity contribution is 0.0762. The highest BCUT2D eigenvalue weighted by molar-refractivity contribution is 5.99. The molecule has 4 heteroatoms. The van der Waals surface area contributed by atoms with Crippen molar-refractivity contribution >= 4 is 5.78 Å². The first-order valence-corrected chi connectivity index (χ1v) is 7.50. The highest BCUT2D eigenvalue weighted by Gasteiger charge is 2.38. The Morgan fingerprint density at radius 3 is 2.63 bits per heavy atom. The molecule has 0 spiro atoms. The molecule has 1 saturated carbocycles. The number of hydrogen-bond acceptors (Lipinski definition) is 3. The molecule has 1 heterocycles. The van der Waals surface area contributed by atoms with Gasteiger partial charge in [-0.3, -0.25) is 9.48 Å².